The molecule has 1 aliphatic carbocycles. The van der Waals surface area contributed by atoms with Gasteiger partial charge in [-0.25, -0.2) is 0 Å². The van der Waals surface area contributed by atoms with Crippen LogP contribution in [0, 0.1) is 5.92 Å². The SMILES string of the molecule is CSc1cccc(C2=CC(CCl)CCC2)c1NCc1ccc(Cl)cc1. The van der Waals surface area contributed by atoms with Gasteiger partial charge in [0.1, 0.15) is 0 Å². The lowest BCUT2D eigenvalue weighted by atomic mass is 9.87. The Morgan fingerprint density at radius 1 is 1.16 bits per heavy atom. The molecule has 0 saturated carbocycles. The van der Waals surface area contributed by atoms with Crippen LogP contribution in [0.5, 0.6) is 0 Å². The number of thioether (sulfide) groups is 1. The molecule has 0 fully saturated rings. The van der Waals surface area contributed by atoms with Crippen molar-refractivity contribution in [2.45, 2.75) is 30.7 Å². The van der Waals surface area contributed by atoms with E-state index < -0.39 is 0 Å². The highest BCUT2D eigenvalue weighted by atomic mass is 35.5. The lowest BCUT2D eigenvalue weighted by Gasteiger charge is -2.23. The predicted octanol–water partition coefficient (Wildman–Crippen LogP) is 7.10. The van der Waals surface area contributed by atoms with Crippen LogP contribution in [-0.2, 0) is 6.54 Å². The molecule has 2 aromatic rings. The van der Waals surface area contributed by atoms with Gasteiger partial charge in [0.25, 0.3) is 0 Å². The third kappa shape index (κ3) is 4.75. The zero-order valence-corrected chi connectivity index (χ0v) is 16.7. The highest BCUT2D eigenvalue weighted by Gasteiger charge is 2.17. The third-order valence-electron chi connectivity index (χ3n) is 4.63. The first-order chi connectivity index (χ1) is 12.2. The monoisotopic (exact) mass is 391 g/mol. The van der Waals surface area contributed by atoms with E-state index in [4.69, 9.17) is 23.2 Å². The Morgan fingerprint density at radius 3 is 2.68 bits per heavy atom. The Balaban J connectivity index is 1.88. The Bertz CT molecular complexity index is 740. The maximum absolute atomic E-state index is 6.11. The summed E-state index contributed by atoms with van der Waals surface area (Å²) in [6.07, 6.45) is 8.04. The van der Waals surface area contributed by atoms with Gasteiger partial charge in [-0.15, -0.1) is 23.4 Å². The van der Waals surface area contributed by atoms with E-state index in [-0.39, 0.29) is 0 Å². The van der Waals surface area contributed by atoms with E-state index in [1.54, 1.807) is 11.8 Å². The van der Waals surface area contributed by atoms with Crippen LogP contribution in [-0.4, -0.2) is 12.1 Å². The smallest absolute Gasteiger partial charge is 0.0557 e. The van der Waals surface area contributed by atoms with Crippen LogP contribution in [0.4, 0.5) is 5.69 Å². The van der Waals surface area contributed by atoms with Crippen LogP contribution < -0.4 is 5.32 Å². The van der Waals surface area contributed by atoms with Gasteiger partial charge in [0, 0.05) is 27.9 Å². The summed E-state index contributed by atoms with van der Waals surface area (Å²) in [6, 6.07) is 14.6. The number of anilines is 1. The standard InChI is InChI=1S/C21H23Cl2NS/c1-25-20-7-3-6-19(17-5-2-4-16(12-17)13-22)21(20)24-14-15-8-10-18(23)11-9-15/h3,6-12,16,24H,2,4-5,13-14H2,1H3. The highest BCUT2D eigenvalue weighted by molar-refractivity contribution is 7.98. The van der Waals surface area contributed by atoms with Crippen LogP contribution in [0.2, 0.25) is 5.02 Å². The summed E-state index contributed by atoms with van der Waals surface area (Å²) in [5, 5.41) is 4.43. The highest BCUT2D eigenvalue weighted by Crippen LogP contribution is 2.38. The van der Waals surface area contributed by atoms with E-state index in [1.165, 1.54) is 40.1 Å². The summed E-state index contributed by atoms with van der Waals surface area (Å²) >= 11 is 13.9. The molecule has 1 atom stereocenters. The van der Waals surface area contributed by atoms with Gasteiger partial charge in [-0.3, -0.25) is 0 Å². The first kappa shape index (κ1) is 18.7. The van der Waals surface area contributed by atoms with Crippen molar-refractivity contribution in [3.05, 3.63) is 64.7 Å². The van der Waals surface area contributed by atoms with Gasteiger partial charge in [0.2, 0.25) is 0 Å². The van der Waals surface area contributed by atoms with Crippen molar-refractivity contribution in [3.8, 4) is 0 Å². The Hall–Kier alpha value is -1.09. The van der Waals surface area contributed by atoms with Crippen molar-refractivity contribution in [1.29, 1.82) is 0 Å². The lowest BCUT2D eigenvalue weighted by Crippen LogP contribution is -2.08. The van der Waals surface area contributed by atoms with Gasteiger partial charge in [-0.05, 0) is 60.8 Å². The predicted molar refractivity (Wildman–Crippen MR) is 113 cm³/mol. The topological polar surface area (TPSA) is 12.0 Å². The molecule has 132 valence electrons. The summed E-state index contributed by atoms with van der Waals surface area (Å²) < 4.78 is 0. The normalized spacial score (nSPS) is 17.2. The van der Waals surface area contributed by atoms with Gasteiger partial charge in [-0.1, -0.05) is 41.9 Å². The molecule has 1 aliphatic rings. The zero-order chi connectivity index (χ0) is 17.6. The van der Waals surface area contributed by atoms with E-state index in [2.05, 4.69) is 48.0 Å². The Kier molecular flexibility index (Phi) is 6.75. The Labute approximate surface area is 164 Å². The third-order valence-corrected chi connectivity index (χ3v) is 6.06. The van der Waals surface area contributed by atoms with E-state index in [9.17, 15) is 0 Å². The summed E-state index contributed by atoms with van der Waals surface area (Å²) in [4.78, 5) is 1.28. The molecule has 0 radical (unpaired) electrons. The molecule has 0 aromatic heterocycles. The van der Waals surface area contributed by atoms with Crippen LogP contribution in [0.25, 0.3) is 5.57 Å². The number of allylic oxidation sites excluding steroid dienone is 2. The van der Waals surface area contributed by atoms with Gasteiger partial charge in [0.15, 0.2) is 0 Å². The molecule has 0 spiro atoms. The Morgan fingerprint density at radius 2 is 1.96 bits per heavy atom. The van der Waals surface area contributed by atoms with Gasteiger partial charge < -0.3 is 5.32 Å². The number of nitrogens with one attached hydrogen (secondary N) is 1. The van der Waals surface area contributed by atoms with Crippen molar-refractivity contribution in [3.63, 3.8) is 0 Å². The first-order valence-electron chi connectivity index (χ1n) is 8.63. The number of benzene rings is 2. The molecule has 0 amide bonds. The van der Waals surface area contributed by atoms with Gasteiger partial charge in [0.05, 0.1) is 5.69 Å². The molecule has 0 heterocycles. The second-order valence-corrected chi connectivity index (χ2v) is 7.95. The van der Waals surface area contributed by atoms with E-state index in [1.807, 2.05) is 12.1 Å². The van der Waals surface area contributed by atoms with Crippen molar-refractivity contribution in [2.24, 2.45) is 5.92 Å². The van der Waals surface area contributed by atoms with Crippen molar-refractivity contribution in [1.82, 2.24) is 0 Å². The summed E-state index contributed by atoms with van der Waals surface area (Å²) in [7, 11) is 0. The second kappa shape index (κ2) is 9.02. The number of alkyl halides is 1. The fraction of sp³-hybridized carbons (Fsp3) is 0.333. The average Bonchev–Trinajstić information content (AvgIpc) is 2.67. The van der Waals surface area contributed by atoms with Crippen LogP contribution >= 0.6 is 35.0 Å². The van der Waals surface area contributed by atoms with Crippen molar-refractivity contribution >= 4 is 46.2 Å². The van der Waals surface area contributed by atoms with E-state index in [0.29, 0.717) is 11.8 Å². The quantitative estimate of drug-likeness (QED) is 0.416. The fourth-order valence-corrected chi connectivity index (χ4v) is 4.27. The maximum Gasteiger partial charge on any atom is 0.0557 e. The largest absolute Gasteiger partial charge is 0.380 e. The minimum Gasteiger partial charge on any atom is -0.380 e. The molecule has 1 unspecified atom stereocenters. The summed E-state index contributed by atoms with van der Waals surface area (Å²) in [5.41, 5.74) is 5.19. The molecule has 25 heavy (non-hydrogen) atoms. The molecule has 1 nitrogen and oxygen atoms in total. The number of hydrogen-bond donors (Lipinski definition) is 1. The number of para-hydroxylation sites is 1. The molecule has 1 N–H and O–H groups in total. The fourth-order valence-electron chi connectivity index (χ4n) is 3.30. The number of halogens is 2. The second-order valence-electron chi connectivity index (χ2n) is 6.36. The van der Waals surface area contributed by atoms with Crippen LogP contribution in [0.15, 0.2) is 53.4 Å². The van der Waals surface area contributed by atoms with Crippen molar-refractivity contribution in [2.75, 3.05) is 17.5 Å². The lowest BCUT2D eigenvalue weighted by molar-refractivity contribution is 0.598. The van der Waals surface area contributed by atoms with E-state index >= 15 is 0 Å². The minimum atomic E-state index is 0.493. The molecular formula is C21H23Cl2NS. The molecule has 0 saturated heterocycles. The van der Waals surface area contributed by atoms with Crippen molar-refractivity contribution < 1.29 is 0 Å². The zero-order valence-electron chi connectivity index (χ0n) is 14.4. The molecule has 0 aliphatic heterocycles. The van der Waals surface area contributed by atoms with Crippen LogP contribution in [0.1, 0.15) is 30.4 Å². The first-order valence-corrected chi connectivity index (χ1v) is 10.8. The molecule has 3 rings (SSSR count). The van der Waals surface area contributed by atoms with E-state index in [0.717, 1.165) is 18.0 Å². The van der Waals surface area contributed by atoms with Gasteiger partial charge in [-0.2, -0.15) is 0 Å². The average molecular weight is 392 g/mol. The molecule has 4 heteroatoms. The summed E-state index contributed by atoms with van der Waals surface area (Å²) in [5.74, 6) is 1.20. The number of rotatable bonds is 6. The van der Waals surface area contributed by atoms with Crippen LogP contribution in [0.3, 0.4) is 0 Å². The minimum absolute atomic E-state index is 0.493. The number of hydrogen-bond acceptors (Lipinski definition) is 2. The molecule has 0 bridgehead atoms. The van der Waals surface area contributed by atoms with Gasteiger partial charge >= 0.3 is 0 Å². The maximum atomic E-state index is 6.11. The molecular weight excluding hydrogens is 369 g/mol. The molecule has 2 aromatic carbocycles. The summed E-state index contributed by atoms with van der Waals surface area (Å²) in [6.45, 7) is 0.786.